The number of guanidine groups is 1. The molecule has 3 rings (SSSR count). The standard InChI is InChI=1S/C22H28N4O.HI/c1-25(2)22(23-15-18-9-4-3-5-10-18)24-16-19-11-6-7-12-20(19)17-26-14-8-13-21(26)27;/h3-7,9-12H,8,13-17H2,1-2H3,(H,23,24);1H. The Morgan fingerprint density at radius 2 is 1.75 bits per heavy atom. The van der Waals surface area contributed by atoms with Crippen molar-refractivity contribution in [3.8, 4) is 0 Å². The number of carbonyl (C=O) groups excluding carboxylic acids is 1. The molecule has 1 aliphatic heterocycles. The Kier molecular flexibility index (Phi) is 8.76. The van der Waals surface area contributed by atoms with Crippen LogP contribution in [-0.4, -0.2) is 42.3 Å². The first kappa shape index (κ1) is 22.2. The number of aliphatic imine (C=N–C) groups is 1. The maximum absolute atomic E-state index is 11.9. The zero-order valence-electron chi connectivity index (χ0n) is 16.6. The molecule has 2 aromatic carbocycles. The average Bonchev–Trinajstić information content (AvgIpc) is 3.08. The van der Waals surface area contributed by atoms with Crippen molar-refractivity contribution >= 4 is 35.8 Å². The lowest BCUT2D eigenvalue weighted by molar-refractivity contribution is -0.128. The number of rotatable bonds is 6. The van der Waals surface area contributed by atoms with E-state index in [4.69, 9.17) is 4.99 Å². The van der Waals surface area contributed by atoms with E-state index in [9.17, 15) is 4.79 Å². The molecule has 0 radical (unpaired) electrons. The third-order valence-electron chi connectivity index (χ3n) is 4.77. The molecule has 0 spiro atoms. The van der Waals surface area contributed by atoms with Gasteiger partial charge in [0.15, 0.2) is 5.96 Å². The summed E-state index contributed by atoms with van der Waals surface area (Å²) in [6, 6.07) is 18.6. The number of hydrogen-bond acceptors (Lipinski definition) is 2. The van der Waals surface area contributed by atoms with Crippen LogP contribution >= 0.6 is 24.0 Å². The molecule has 0 saturated carbocycles. The minimum atomic E-state index is 0. The van der Waals surface area contributed by atoms with Crippen molar-refractivity contribution < 1.29 is 4.79 Å². The highest BCUT2D eigenvalue weighted by Crippen LogP contribution is 2.17. The van der Waals surface area contributed by atoms with Gasteiger partial charge in [-0.05, 0) is 23.1 Å². The van der Waals surface area contributed by atoms with Gasteiger partial charge in [0.25, 0.3) is 0 Å². The quantitative estimate of drug-likeness (QED) is 0.381. The SMILES string of the molecule is CN(C)C(=NCc1ccccc1)NCc1ccccc1CN1CCCC1=O.I. The Morgan fingerprint density at radius 3 is 2.39 bits per heavy atom. The maximum Gasteiger partial charge on any atom is 0.222 e. The van der Waals surface area contributed by atoms with E-state index in [0.717, 1.165) is 18.9 Å². The van der Waals surface area contributed by atoms with Crippen molar-refractivity contribution in [1.82, 2.24) is 15.1 Å². The smallest absolute Gasteiger partial charge is 0.222 e. The van der Waals surface area contributed by atoms with Gasteiger partial charge in [0.05, 0.1) is 6.54 Å². The van der Waals surface area contributed by atoms with E-state index in [-0.39, 0.29) is 29.9 Å². The van der Waals surface area contributed by atoms with Gasteiger partial charge < -0.3 is 15.1 Å². The fourth-order valence-corrected chi connectivity index (χ4v) is 3.24. The molecule has 0 unspecified atom stereocenters. The second-order valence-electron chi connectivity index (χ2n) is 7.06. The lowest BCUT2D eigenvalue weighted by atomic mass is 10.1. The first-order chi connectivity index (χ1) is 13.1. The molecule has 1 fully saturated rings. The van der Waals surface area contributed by atoms with Crippen LogP contribution in [0.4, 0.5) is 0 Å². The number of likely N-dealkylation sites (tertiary alicyclic amines) is 1. The minimum Gasteiger partial charge on any atom is -0.352 e. The zero-order valence-corrected chi connectivity index (χ0v) is 18.9. The summed E-state index contributed by atoms with van der Waals surface area (Å²) >= 11 is 0. The third-order valence-corrected chi connectivity index (χ3v) is 4.77. The van der Waals surface area contributed by atoms with Crippen molar-refractivity contribution in [2.75, 3.05) is 20.6 Å². The molecule has 6 heteroatoms. The van der Waals surface area contributed by atoms with Crippen LogP contribution in [0.2, 0.25) is 0 Å². The van der Waals surface area contributed by atoms with Gasteiger partial charge in [-0.3, -0.25) is 4.79 Å². The monoisotopic (exact) mass is 492 g/mol. The van der Waals surface area contributed by atoms with Crippen LogP contribution in [0.5, 0.6) is 0 Å². The summed E-state index contributed by atoms with van der Waals surface area (Å²) in [5.74, 6) is 1.11. The topological polar surface area (TPSA) is 47.9 Å². The van der Waals surface area contributed by atoms with E-state index in [1.54, 1.807) is 0 Å². The molecule has 0 bridgehead atoms. The number of carbonyl (C=O) groups is 1. The molecule has 5 nitrogen and oxygen atoms in total. The van der Waals surface area contributed by atoms with E-state index in [1.165, 1.54) is 16.7 Å². The highest BCUT2D eigenvalue weighted by molar-refractivity contribution is 14.0. The first-order valence-corrected chi connectivity index (χ1v) is 9.47. The average molecular weight is 492 g/mol. The van der Waals surface area contributed by atoms with Crippen LogP contribution in [0.15, 0.2) is 59.6 Å². The summed E-state index contributed by atoms with van der Waals surface area (Å²) in [5, 5.41) is 3.45. The fourth-order valence-electron chi connectivity index (χ4n) is 3.24. The summed E-state index contributed by atoms with van der Waals surface area (Å²) < 4.78 is 0. The van der Waals surface area contributed by atoms with E-state index in [0.29, 0.717) is 26.1 Å². The molecule has 1 heterocycles. The molecule has 1 amide bonds. The van der Waals surface area contributed by atoms with Crippen molar-refractivity contribution in [1.29, 1.82) is 0 Å². The Labute approximate surface area is 184 Å². The summed E-state index contributed by atoms with van der Waals surface area (Å²) in [4.78, 5) is 20.6. The van der Waals surface area contributed by atoms with Gasteiger partial charge in [0.1, 0.15) is 0 Å². The highest BCUT2D eigenvalue weighted by atomic mass is 127. The number of amides is 1. The van der Waals surface area contributed by atoms with Crippen LogP contribution in [0, 0.1) is 0 Å². The van der Waals surface area contributed by atoms with Crippen molar-refractivity contribution in [2.24, 2.45) is 4.99 Å². The lowest BCUT2D eigenvalue weighted by Crippen LogP contribution is -2.36. The molecule has 0 atom stereocenters. The molecule has 0 aliphatic carbocycles. The van der Waals surface area contributed by atoms with Crippen LogP contribution in [0.25, 0.3) is 0 Å². The van der Waals surface area contributed by atoms with Gasteiger partial charge in [-0.1, -0.05) is 54.6 Å². The van der Waals surface area contributed by atoms with E-state index < -0.39 is 0 Å². The normalized spacial score (nSPS) is 14.0. The van der Waals surface area contributed by atoms with Gasteiger partial charge in [-0.25, -0.2) is 4.99 Å². The van der Waals surface area contributed by atoms with Gasteiger partial charge >= 0.3 is 0 Å². The molecular weight excluding hydrogens is 463 g/mol. The fraction of sp³-hybridized carbons (Fsp3) is 0.364. The Bertz CT molecular complexity index is 792. The molecule has 0 aromatic heterocycles. The van der Waals surface area contributed by atoms with Crippen LogP contribution in [-0.2, 0) is 24.4 Å². The molecule has 28 heavy (non-hydrogen) atoms. The predicted molar refractivity (Wildman–Crippen MR) is 125 cm³/mol. The van der Waals surface area contributed by atoms with E-state index in [2.05, 4.69) is 29.6 Å². The van der Waals surface area contributed by atoms with Crippen LogP contribution in [0.3, 0.4) is 0 Å². The molecule has 1 aliphatic rings. The van der Waals surface area contributed by atoms with E-state index in [1.807, 2.05) is 54.2 Å². The summed E-state index contributed by atoms with van der Waals surface area (Å²) in [7, 11) is 3.98. The minimum absolute atomic E-state index is 0. The Morgan fingerprint density at radius 1 is 1.07 bits per heavy atom. The largest absolute Gasteiger partial charge is 0.352 e. The number of hydrogen-bond donors (Lipinski definition) is 1. The maximum atomic E-state index is 11.9. The number of nitrogens with zero attached hydrogens (tertiary/aromatic N) is 3. The van der Waals surface area contributed by atoms with Crippen LogP contribution < -0.4 is 5.32 Å². The Hall–Kier alpha value is -2.09. The second-order valence-corrected chi connectivity index (χ2v) is 7.06. The molecule has 150 valence electrons. The van der Waals surface area contributed by atoms with Crippen LogP contribution in [0.1, 0.15) is 29.5 Å². The summed E-state index contributed by atoms with van der Waals surface area (Å²) in [6.45, 7) is 2.88. The number of benzene rings is 2. The van der Waals surface area contributed by atoms with Gasteiger partial charge in [0.2, 0.25) is 5.91 Å². The molecule has 1 saturated heterocycles. The van der Waals surface area contributed by atoms with Gasteiger partial charge in [0, 0.05) is 40.2 Å². The molecule has 1 N–H and O–H groups in total. The molecule has 2 aromatic rings. The second kappa shape index (κ2) is 11.0. The van der Waals surface area contributed by atoms with Crippen molar-refractivity contribution in [3.05, 3.63) is 71.3 Å². The Balaban J connectivity index is 0.00000280. The number of halogens is 1. The zero-order chi connectivity index (χ0) is 19.1. The van der Waals surface area contributed by atoms with Crippen molar-refractivity contribution in [2.45, 2.75) is 32.5 Å². The van der Waals surface area contributed by atoms with Gasteiger partial charge in [-0.2, -0.15) is 0 Å². The third kappa shape index (κ3) is 6.22. The predicted octanol–water partition coefficient (Wildman–Crippen LogP) is 3.63. The number of nitrogens with one attached hydrogen (secondary N) is 1. The lowest BCUT2D eigenvalue weighted by Gasteiger charge is -2.21. The summed E-state index contributed by atoms with van der Waals surface area (Å²) in [6.07, 6.45) is 1.65. The van der Waals surface area contributed by atoms with E-state index >= 15 is 0 Å². The van der Waals surface area contributed by atoms with Gasteiger partial charge in [-0.15, -0.1) is 24.0 Å². The van der Waals surface area contributed by atoms with Crippen molar-refractivity contribution in [3.63, 3.8) is 0 Å². The molecular formula is C22H29IN4O. The summed E-state index contributed by atoms with van der Waals surface area (Å²) in [5.41, 5.74) is 3.58. The first-order valence-electron chi connectivity index (χ1n) is 9.47. The highest BCUT2D eigenvalue weighted by Gasteiger charge is 2.20.